The third kappa shape index (κ3) is 4.09. The number of hydrogen-bond acceptors (Lipinski definition) is 3. The van der Waals surface area contributed by atoms with Gasteiger partial charge in [-0.15, -0.1) is 0 Å². The van der Waals surface area contributed by atoms with Gasteiger partial charge in [-0.05, 0) is 31.6 Å². The maximum atomic E-state index is 11.1. The van der Waals surface area contributed by atoms with Crippen molar-refractivity contribution in [1.82, 2.24) is 9.80 Å². The molecule has 0 atom stereocenters. The first-order valence-corrected chi connectivity index (χ1v) is 5.90. The van der Waals surface area contributed by atoms with Crippen LogP contribution in [0.25, 0.3) is 0 Å². The van der Waals surface area contributed by atoms with Crippen molar-refractivity contribution >= 4 is 16.8 Å². The van der Waals surface area contributed by atoms with Gasteiger partial charge in [0.15, 0.2) is 0 Å². The molecule has 1 heterocycles. The summed E-state index contributed by atoms with van der Waals surface area (Å²) in [4.78, 5) is 15.9. The molecule has 1 rings (SSSR count). The Balaban J connectivity index is 2.28. The lowest BCUT2D eigenvalue weighted by atomic mass is 9.91. The first-order valence-electron chi connectivity index (χ1n) is 5.53. The van der Waals surface area contributed by atoms with Crippen LogP contribution in [0.1, 0.15) is 20.3 Å². The van der Waals surface area contributed by atoms with Crippen LogP contribution in [-0.4, -0.2) is 54.8 Å². The third-order valence-corrected chi connectivity index (χ3v) is 3.69. The summed E-state index contributed by atoms with van der Waals surface area (Å²) in [6.07, 6.45) is 0.846. The number of rotatable bonds is 4. The van der Waals surface area contributed by atoms with E-state index in [0.717, 1.165) is 39.1 Å². The quantitative estimate of drug-likeness (QED) is 0.685. The zero-order valence-corrected chi connectivity index (χ0v) is 10.7. The monoisotopic (exact) mass is 232 g/mol. The Bertz CT molecular complexity index is 223. The molecule has 88 valence electrons. The summed E-state index contributed by atoms with van der Waals surface area (Å²) < 4.78 is 0. The minimum Gasteiger partial charge on any atom is -0.304 e. The molecule has 0 aromatic heterocycles. The predicted molar refractivity (Wildman–Crippen MR) is 63.2 cm³/mol. The molecule has 0 radical (unpaired) electrons. The lowest BCUT2D eigenvalue weighted by Crippen LogP contribution is -2.45. The van der Waals surface area contributed by atoms with Crippen LogP contribution in [-0.2, 0) is 4.79 Å². The molecule has 0 spiro atoms. The van der Waals surface area contributed by atoms with E-state index in [1.807, 2.05) is 13.8 Å². The van der Waals surface area contributed by atoms with Crippen LogP contribution in [0, 0.1) is 5.41 Å². The first-order chi connectivity index (χ1) is 6.92. The van der Waals surface area contributed by atoms with Crippen molar-refractivity contribution in [3.8, 4) is 0 Å². The Hall–Kier alpha value is -0.120. The predicted octanol–water partition coefficient (Wildman–Crippen LogP) is 1.42. The highest BCUT2D eigenvalue weighted by molar-refractivity contribution is 6.64. The number of carbonyl (C=O) groups excluding carboxylic acids is 1. The molecule has 1 fully saturated rings. The lowest BCUT2D eigenvalue weighted by Gasteiger charge is -2.34. The Labute approximate surface area is 97.4 Å². The van der Waals surface area contributed by atoms with E-state index in [0.29, 0.717) is 0 Å². The maximum absolute atomic E-state index is 11.1. The standard InChI is InChI=1S/C11H21ClN2O/c1-11(2,10(12)15)4-5-14-8-6-13(3)7-9-14/h4-9H2,1-3H3. The van der Waals surface area contributed by atoms with Gasteiger partial charge in [0.05, 0.1) is 0 Å². The fraction of sp³-hybridized carbons (Fsp3) is 0.909. The molecule has 0 saturated carbocycles. The first kappa shape index (κ1) is 12.9. The highest BCUT2D eigenvalue weighted by Gasteiger charge is 2.26. The van der Waals surface area contributed by atoms with Crippen molar-refractivity contribution in [2.75, 3.05) is 39.8 Å². The van der Waals surface area contributed by atoms with Crippen LogP contribution < -0.4 is 0 Å². The van der Waals surface area contributed by atoms with Crippen molar-refractivity contribution in [3.63, 3.8) is 0 Å². The van der Waals surface area contributed by atoms with Gasteiger partial charge >= 0.3 is 0 Å². The summed E-state index contributed by atoms with van der Waals surface area (Å²) >= 11 is 5.54. The largest absolute Gasteiger partial charge is 0.304 e. The molecular weight excluding hydrogens is 212 g/mol. The van der Waals surface area contributed by atoms with Gasteiger partial charge in [0.1, 0.15) is 0 Å². The van der Waals surface area contributed by atoms with Gasteiger partial charge in [-0.2, -0.15) is 0 Å². The number of nitrogens with zero attached hydrogens (tertiary/aromatic N) is 2. The summed E-state index contributed by atoms with van der Waals surface area (Å²) in [5.41, 5.74) is -0.384. The summed E-state index contributed by atoms with van der Waals surface area (Å²) in [6.45, 7) is 9.24. The zero-order valence-electron chi connectivity index (χ0n) is 9.92. The van der Waals surface area contributed by atoms with Gasteiger partial charge in [0.2, 0.25) is 5.24 Å². The minimum atomic E-state index is -0.384. The fourth-order valence-electron chi connectivity index (χ4n) is 1.61. The average molecular weight is 233 g/mol. The van der Waals surface area contributed by atoms with Crippen LogP contribution in [0.4, 0.5) is 0 Å². The van der Waals surface area contributed by atoms with Gasteiger partial charge in [-0.1, -0.05) is 13.8 Å². The smallest absolute Gasteiger partial charge is 0.227 e. The second-order valence-corrected chi connectivity index (χ2v) is 5.40. The molecule has 3 nitrogen and oxygen atoms in total. The van der Waals surface area contributed by atoms with Gasteiger partial charge in [0, 0.05) is 31.6 Å². The van der Waals surface area contributed by atoms with Crippen LogP contribution in [0.2, 0.25) is 0 Å². The van der Waals surface area contributed by atoms with E-state index in [1.54, 1.807) is 0 Å². The molecular formula is C11H21ClN2O. The Morgan fingerprint density at radius 2 is 1.80 bits per heavy atom. The van der Waals surface area contributed by atoms with Crippen molar-refractivity contribution in [3.05, 3.63) is 0 Å². The van der Waals surface area contributed by atoms with Crippen molar-refractivity contribution in [2.24, 2.45) is 5.41 Å². The lowest BCUT2D eigenvalue weighted by molar-refractivity contribution is -0.119. The van der Waals surface area contributed by atoms with Crippen molar-refractivity contribution in [1.29, 1.82) is 0 Å². The van der Waals surface area contributed by atoms with Crippen LogP contribution in [0.5, 0.6) is 0 Å². The number of piperazine rings is 1. The average Bonchev–Trinajstić information content (AvgIpc) is 2.17. The third-order valence-electron chi connectivity index (χ3n) is 3.18. The number of hydrogen-bond donors (Lipinski definition) is 0. The van der Waals surface area contributed by atoms with Crippen molar-refractivity contribution in [2.45, 2.75) is 20.3 Å². The van der Waals surface area contributed by atoms with Gasteiger partial charge in [-0.25, -0.2) is 0 Å². The van der Waals surface area contributed by atoms with Crippen LogP contribution in [0.15, 0.2) is 0 Å². The minimum absolute atomic E-state index is 0.225. The molecule has 1 aliphatic rings. The maximum Gasteiger partial charge on any atom is 0.227 e. The van der Waals surface area contributed by atoms with Gasteiger partial charge in [-0.3, -0.25) is 4.79 Å². The number of carbonyl (C=O) groups is 1. The summed E-state index contributed by atoms with van der Waals surface area (Å²) in [6, 6.07) is 0. The summed E-state index contributed by atoms with van der Waals surface area (Å²) in [7, 11) is 2.14. The normalized spacial score (nSPS) is 20.5. The molecule has 0 N–H and O–H groups in total. The van der Waals surface area contributed by atoms with Crippen molar-refractivity contribution < 1.29 is 4.79 Å². The molecule has 1 aliphatic heterocycles. The van der Waals surface area contributed by atoms with E-state index in [1.165, 1.54) is 0 Å². The van der Waals surface area contributed by atoms with Crippen LogP contribution in [0.3, 0.4) is 0 Å². The van der Waals surface area contributed by atoms with Gasteiger partial charge in [0.25, 0.3) is 0 Å². The zero-order chi connectivity index (χ0) is 11.5. The van der Waals surface area contributed by atoms with E-state index >= 15 is 0 Å². The molecule has 0 aromatic rings. The van der Waals surface area contributed by atoms with E-state index in [4.69, 9.17) is 11.6 Å². The molecule has 0 bridgehead atoms. The Morgan fingerprint density at radius 1 is 1.27 bits per heavy atom. The summed E-state index contributed by atoms with van der Waals surface area (Å²) in [5.74, 6) is 0. The molecule has 4 heteroatoms. The molecule has 0 amide bonds. The SMILES string of the molecule is CN1CCN(CCC(C)(C)C(=O)Cl)CC1. The number of likely N-dealkylation sites (N-methyl/N-ethyl adjacent to an activating group) is 1. The second kappa shape index (κ2) is 5.28. The Kier molecular flexibility index (Phi) is 4.56. The molecule has 1 saturated heterocycles. The van der Waals surface area contributed by atoms with E-state index in [-0.39, 0.29) is 10.7 Å². The molecule has 0 unspecified atom stereocenters. The highest BCUT2D eigenvalue weighted by atomic mass is 35.5. The van der Waals surface area contributed by atoms with Crippen LogP contribution >= 0.6 is 11.6 Å². The van der Waals surface area contributed by atoms with E-state index in [9.17, 15) is 4.79 Å². The topological polar surface area (TPSA) is 23.6 Å². The molecule has 0 aliphatic carbocycles. The molecule has 0 aromatic carbocycles. The number of halogens is 1. The van der Waals surface area contributed by atoms with E-state index in [2.05, 4.69) is 16.8 Å². The summed E-state index contributed by atoms with van der Waals surface area (Å²) in [5, 5.41) is -0.225. The molecule has 15 heavy (non-hydrogen) atoms. The fourth-order valence-corrected chi connectivity index (χ4v) is 1.70. The Morgan fingerprint density at radius 3 is 2.27 bits per heavy atom. The van der Waals surface area contributed by atoms with E-state index < -0.39 is 0 Å². The second-order valence-electron chi connectivity index (χ2n) is 5.05. The van der Waals surface area contributed by atoms with Gasteiger partial charge < -0.3 is 9.80 Å². The highest BCUT2D eigenvalue weighted by Crippen LogP contribution is 2.24.